The van der Waals surface area contributed by atoms with Gasteiger partial charge < -0.3 is 15.4 Å². The van der Waals surface area contributed by atoms with E-state index < -0.39 is 6.04 Å². The molecule has 0 amide bonds. The minimum atomic E-state index is -0.537. The zero-order valence-corrected chi connectivity index (χ0v) is 6.60. The lowest BCUT2D eigenvalue weighted by Gasteiger charge is -1.98. The van der Waals surface area contributed by atoms with Crippen LogP contribution in [0.15, 0.2) is 4.52 Å². The fraction of sp³-hybridized carbons (Fsp3) is 0.714. The molecule has 5 nitrogen and oxygen atoms in total. The van der Waals surface area contributed by atoms with Crippen molar-refractivity contribution in [3.05, 3.63) is 11.7 Å². The van der Waals surface area contributed by atoms with Crippen molar-refractivity contribution in [3.63, 3.8) is 0 Å². The van der Waals surface area contributed by atoms with Gasteiger partial charge in [-0.1, -0.05) is 5.16 Å². The SMILES string of the molecule is N[C@@H](CO)c1nc(C2CC2)no1. The number of hydrogen-bond donors (Lipinski definition) is 2. The van der Waals surface area contributed by atoms with E-state index in [1.807, 2.05) is 0 Å². The lowest BCUT2D eigenvalue weighted by atomic mass is 10.3. The second kappa shape index (κ2) is 2.84. The molecule has 0 aromatic carbocycles. The number of nitrogens with two attached hydrogens (primary N) is 1. The van der Waals surface area contributed by atoms with Gasteiger partial charge in [0.25, 0.3) is 0 Å². The van der Waals surface area contributed by atoms with E-state index in [4.69, 9.17) is 15.4 Å². The molecule has 0 saturated heterocycles. The molecule has 1 fully saturated rings. The quantitative estimate of drug-likeness (QED) is 0.662. The van der Waals surface area contributed by atoms with Crippen LogP contribution in [0.1, 0.15) is 36.5 Å². The Bertz CT molecular complexity index is 269. The van der Waals surface area contributed by atoms with Crippen molar-refractivity contribution < 1.29 is 9.63 Å². The summed E-state index contributed by atoms with van der Waals surface area (Å²) in [6.07, 6.45) is 2.26. The van der Waals surface area contributed by atoms with E-state index in [1.165, 1.54) is 0 Å². The zero-order valence-electron chi connectivity index (χ0n) is 6.60. The van der Waals surface area contributed by atoms with Crippen molar-refractivity contribution in [2.24, 2.45) is 5.73 Å². The third-order valence-corrected chi connectivity index (χ3v) is 1.91. The van der Waals surface area contributed by atoms with E-state index >= 15 is 0 Å². The number of hydrogen-bond acceptors (Lipinski definition) is 5. The molecule has 1 saturated carbocycles. The molecule has 1 aliphatic carbocycles. The highest BCUT2D eigenvalue weighted by molar-refractivity contribution is 5.04. The first-order valence-corrected chi connectivity index (χ1v) is 4.01. The average molecular weight is 169 g/mol. The van der Waals surface area contributed by atoms with Crippen molar-refractivity contribution in [2.75, 3.05) is 6.61 Å². The topological polar surface area (TPSA) is 85.2 Å². The van der Waals surface area contributed by atoms with Crippen LogP contribution in [0, 0.1) is 0 Å². The van der Waals surface area contributed by atoms with Gasteiger partial charge in [-0.2, -0.15) is 4.98 Å². The summed E-state index contributed by atoms with van der Waals surface area (Å²) in [5, 5.41) is 12.5. The summed E-state index contributed by atoms with van der Waals surface area (Å²) >= 11 is 0. The number of nitrogens with zero attached hydrogens (tertiary/aromatic N) is 2. The molecule has 3 N–H and O–H groups in total. The third-order valence-electron chi connectivity index (χ3n) is 1.91. The highest BCUT2D eigenvalue weighted by Gasteiger charge is 2.29. The standard InChI is InChI=1S/C7H11N3O2/c8-5(3-11)7-9-6(10-12-7)4-1-2-4/h4-5,11H,1-3,8H2/t5-/m0/s1. The van der Waals surface area contributed by atoms with E-state index in [0.29, 0.717) is 11.8 Å². The smallest absolute Gasteiger partial charge is 0.245 e. The first-order valence-electron chi connectivity index (χ1n) is 4.01. The van der Waals surface area contributed by atoms with Gasteiger partial charge in [-0.25, -0.2) is 0 Å². The van der Waals surface area contributed by atoms with Crippen LogP contribution in [0.3, 0.4) is 0 Å². The van der Waals surface area contributed by atoms with Crippen LogP contribution in [-0.4, -0.2) is 21.9 Å². The van der Waals surface area contributed by atoms with E-state index in [0.717, 1.165) is 18.7 Å². The molecule has 0 spiro atoms. The predicted molar refractivity (Wildman–Crippen MR) is 40.3 cm³/mol. The third kappa shape index (κ3) is 1.33. The largest absolute Gasteiger partial charge is 0.394 e. The molecule has 0 unspecified atom stereocenters. The highest BCUT2D eigenvalue weighted by atomic mass is 16.5. The van der Waals surface area contributed by atoms with E-state index in [1.54, 1.807) is 0 Å². The second-order valence-corrected chi connectivity index (χ2v) is 3.05. The number of rotatable bonds is 3. The molecule has 5 heteroatoms. The summed E-state index contributed by atoms with van der Waals surface area (Å²) in [7, 11) is 0. The predicted octanol–water partition coefficient (Wildman–Crippen LogP) is -0.0609. The highest BCUT2D eigenvalue weighted by Crippen LogP contribution is 2.38. The van der Waals surface area contributed by atoms with Gasteiger partial charge in [-0.15, -0.1) is 0 Å². The molecule has 1 heterocycles. The first kappa shape index (κ1) is 7.70. The summed E-state index contributed by atoms with van der Waals surface area (Å²) in [6.45, 7) is -0.160. The Morgan fingerprint density at radius 2 is 2.42 bits per heavy atom. The van der Waals surface area contributed by atoms with Gasteiger partial charge in [0.2, 0.25) is 5.89 Å². The van der Waals surface area contributed by atoms with Crippen LogP contribution in [0.5, 0.6) is 0 Å². The van der Waals surface area contributed by atoms with Crippen LogP contribution in [0.2, 0.25) is 0 Å². The maximum Gasteiger partial charge on any atom is 0.245 e. The van der Waals surface area contributed by atoms with E-state index in [-0.39, 0.29) is 6.61 Å². The van der Waals surface area contributed by atoms with Crippen LogP contribution >= 0.6 is 0 Å². The van der Waals surface area contributed by atoms with Gasteiger partial charge >= 0.3 is 0 Å². The lowest BCUT2D eigenvalue weighted by molar-refractivity contribution is 0.236. The first-order chi connectivity index (χ1) is 5.81. The lowest BCUT2D eigenvalue weighted by Crippen LogP contribution is -2.14. The Morgan fingerprint density at radius 3 is 3.00 bits per heavy atom. The molecule has 1 aliphatic rings. The van der Waals surface area contributed by atoms with E-state index in [2.05, 4.69) is 10.1 Å². The minimum Gasteiger partial charge on any atom is -0.394 e. The second-order valence-electron chi connectivity index (χ2n) is 3.05. The summed E-state index contributed by atoms with van der Waals surface area (Å²) in [4.78, 5) is 4.08. The maximum absolute atomic E-state index is 8.70. The van der Waals surface area contributed by atoms with Crippen molar-refractivity contribution in [1.29, 1.82) is 0 Å². The van der Waals surface area contributed by atoms with E-state index in [9.17, 15) is 0 Å². The molecular formula is C7H11N3O2. The molecular weight excluding hydrogens is 158 g/mol. The summed E-state index contributed by atoms with van der Waals surface area (Å²) in [5.41, 5.74) is 5.48. The molecule has 1 aromatic heterocycles. The molecule has 1 atom stereocenters. The Balaban J connectivity index is 2.12. The summed E-state index contributed by atoms with van der Waals surface area (Å²) in [5.74, 6) is 1.53. The van der Waals surface area contributed by atoms with Crippen molar-refractivity contribution in [1.82, 2.24) is 10.1 Å². The molecule has 0 aliphatic heterocycles. The zero-order chi connectivity index (χ0) is 8.55. The number of aliphatic hydroxyl groups is 1. The van der Waals surface area contributed by atoms with Gasteiger partial charge in [-0.3, -0.25) is 0 Å². The van der Waals surface area contributed by atoms with Crippen molar-refractivity contribution >= 4 is 0 Å². The number of aliphatic hydroxyl groups excluding tert-OH is 1. The monoisotopic (exact) mass is 169 g/mol. The Morgan fingerprint density at radius 1 is 1.67 bits per heavy atom. The Kier molecular flexibility index (Phi) is 1.82. The molecule has 0 bridgehead atoms. The van der Waals surface area contributed by atoms with Gasteiger partial charge in [-0.05, 0) is 12.8 Å². The Hall–Kier alpha value is -0.940. The summed E-state index contributed by atoms with van der Waals surface area (Å²) in [6, 6.07) is -0.537. The summed E-state index contributed by atoms with van der Waals surface area (Å²) < 4.78 is 4.87. The van der Waals surface area contributed by atoms with Crippen LogP contribution in [-0.2, 0) is 0 Å². The minimum absolute atomic E-state index is 0.160. The fourth-order valence-corrected chi connectivity index (χ4v) is 0.983. The van der Waals surface area contributed by atoms with Crippen molar-refractivity contribution in [3.8, 4) is 0 Å². The molecule has 0 radical (unpaired) electrons. The fourth-order valence-electron chi connectivity index (χ4n) is 0.983. The maximum atomic E-state index is 8.70. The van der Waals surface area contributed by atoms with Gasteiger partial charge in [0, 0.05) is 5.92 Å². The average Bonchev–Trinajstić information content (AvgIpc) is 2.83. The van der Waals surface area contributed by atoms with Gasteiger partial charge in [0.05, 0.1) is 6.61 Å². The molecule has 1 aromatic rings. The van der Waals surface area contributed by atoms with Crippen molar-refractivity contribution in [2.45, 2.75) is 24.8 Å². The molecule has 12 heavy (non-hydrogen) atoms. The van der Waals surface area contributed by atoms with Gasteiger partial charge in [0.15, 0.2) is 5.82 Å². The number of aromatic nitrogens is 2. The van der Waals surface area contributed by atoms with Gasteiger partial charge in [0.1, 0.15) is 6.04 Å². The molecule has 66 valence electrons. The van der Waals surface area contributed by atoms with Crippen LogP contribution < -0.4 is 5.73 Å². The van der Waals surface area contributed by atoms with Crippen LogP contribution in [0.25, 0.3) is 0 Å². The van der Waals surface area contributed by atoms with Crippen LogP contribution in [0.4, 0.5) is 0 Å². The molecule has 2 rings (SSSR count). The Labute approximate surface area is 69.6 Å². The normalized spacial score (nSPS) is 19.5.